The minimum atomic E-state index is -5.67. The van der Waals surface area contributed by atoms with Gasteiger partial charge in [0.25, 0.3) is 0 Å². The second kappa shape index (κ2) is 6.60. The van der Waals surface area contributed by atoms with E-state index in [1.165, 1.54) is 0 Å². The largest absolute Gasteiger partial charge is 0.523 e. The summed E-state index contributed by atoms with van der Waals surface area (Å²) in [6, 6.07) is 9.00. The Morgan fingerprint density at radius 2 is 1.75 bits per heavy atom. The fraction of sp³-hybridized carbons (Fsp3) is 0.571. The molecule has 0 N–H and O–H groups in total. The topological polar surface area (TPSA) is 71.1 Å². The molecule has 1 aromatic rings. The zero-order valence-electron chi connectivity index (χ0n) is 12.3. The Balaban J connectivity index is 1.65. The first-order chi connectivity index (χ1) is 11.3. The molecule has 4 atom stereocenters. The minimum absolute atomic E-state index is 0.0350. The van der Waals surface area contributed by atoms with E-state index in [-0.39, 0.29) is 19.6 Å². The fourth-order valence-electron chi connectivity index (χ4n) is 2.58. The number of hydrogen-bond donors (Lipinski definition) is 0. The lowest BCUT2D eigenvalue weighted by atomic mass is 10.0. The molecule has 0 radical (unpaired) electrons. The van der Waals surface area contributed by atoms with Gasteiger partial charge in [0, 0.05) is 12.0 Å². The Hall–Kier alpha value is -1.20. The molecule has 1 aromatic carbocycles. The predicted octanol–water partition coefficient (Wildman–Crippen LogP) is 2.12. The van der Waals surface area contributed by atoms with Gasteiger partial charge in [-0.25, -0.2) is 0 Å². The van der Waals surface area contributed by atoms with Crippen LogP contribution in [0.15, 0.2) is 30.3 Å². The van der Waals surface area contributed by atoms with Crippen LogP contribution in [0.4, 0.5) is 13.2 Å². The number of benzene rings is 1. The van der Waals surface area contributed by atoms with Crippen LogP contribution in [-0.4, -0.2) is 45.5 Å². The van der Waals surface area contributed by atoms with Crippen LogP contribution < -0.4 is 0 Å². The van der Waals surface area contributed by atoms with Crippen molar-refractivity contribution in [3.05, 3.63) is 35.9 Å². The molecular formula is C14H15F3O6S. The summed E-state index contributed by atoms with van der Waals surface area (Å²) in [6.07, 6.45) is -3.07. The highest BCUT2D eigenvalue weighted by Crippen LogP contribution is 2.34. The van der Waals surface area contributed by atoms with Crippen LogP contribution in [0.5, 0.6) is 0 Å². The first-order valence-corrected chi connectivity index (χ1v) is 8.60. The van der Waals surface area contributed by atoms with E-state index in [4.69, 9.17) is 14.2 Å². The standard InChI is InChI=1S/C14H15F3O6S/c15-14(16,17)24(18,19)23-10-6-11-12(20-7-10)8-21-13(22-11)9-4-2-1-3-5-9/h1-5,10-13H,6-8H2/t10-,11?,12-,13-/m1/s1. The number of halogens is 3. The predicted molar refractivity (Wildman–Crippen MR) is 74.2 cm³/mol. The molecule has 24 heavy (non-hydrogen) atoms. The molecule has 3 rings (SSSR count). The van der Waals surface area contributed by atoms with Gasteiger partial charge in [0.05, 0.1) is 19.3 Å². The smallest absolute Gasteiger partial charge is 0.370 e. The molecule has 0 aromatic heterocycles. The van der Waals surface area contributed by atoms with Crippen molar-refractivity contribution in [1.29, 1.82) is 0 Å². The molecule has 0 spiro atoms. The molecule has 2 heterocycles. The van der Waals surface area contributed by atoms with Gasteiger partial charge in [0.1, 0.15) is 12.2 Å². The molecule has 0 amide bonds. The second-order valence-electron chi connectivity index (χ2n) is 5.48. The Labute approximate surface area is 136 Å². The quantitative estimate of drug-likeness (QED) is 0.601. The monoisotopic (exact) mass is 368 g/mol. The van der Waals surface area contributed by atoms with E-state index in [0.29, 0.717) is 0 Å². The second-order valence-corrected chi connectivity index (χ2v) is 7.04. The van der Waals surface area contributed by atoms with Crippen LogP contribution in [-0.2, 0) is 28.5 Å². The zero-order valence-corrected chi connectivity index (χ0v) is 13.1. The van der Waals surface area contributed by atoms with Crippen molar-refractivity contribution < 1.29 is 40.0 Å². The maximum atomic E-state index is 12.4. The van der Waals surface area contributed by atoms with Crippen LogP contribution in [0.25, 0.3) is 0 Å². The van der Waals surface area contributed by atoms with Crippen molar-refractivity contribution in [1.82, 2.24) is 0 Å². The van der Waals surface area contributed by atoms with Crippen LogP contribution in [0, 0.1) is 0 Å². The molecule has 2 aliphatic heterocycles. The van der Waals surface area contributed by atoms with Gasteiger partial charge < -0.3 is 14.2 Å². The first-order valence-electron chi connectivity index (χ1n) is 7.19. The van der Waals surface area contributed by atoms with E-state index in [1.54, 1.807) is 24.3 Å². The van der Waals surface area contributed by atoms with E-state index < -0.39 is 40.2 Å². The highest BCUT2D eigenvalue weighted by atomic mass is 32.2. The summed E-state index contributed by atoms with van der Waals surface area (Å²) >= 11 is 0. The van der Waals surface area contributed by atoms with E-state index in [9.17, 15) is 21.6 Å². The summed E-state index contributed by atoms with van der Waals surface area (Å²) in [4.78, 5) is 0. The average Bonchev–Trinajstić information content (AvgIpc) is 2.53. The fourth-order valence-corrected chi connectivity index (χ4v) is 3.18. The summed E-state index contributed by atoms with van der Waals surface area (Å²) in [5, 5.41) is 0. The highest BCUT2D eigenvalue weighted by molar-refractivity contribution is 7.87. The van der Waals surface area contributed by atoms with Gasteiger partial charge in [0.15, 0.2) is 6.29 Å². The summed E-state index contributed by atoms with van der Waals surface area (Å²) in [7, 11) is -5.67. The molecular weight excluding hydrogens is 353 g/mol. The lowest BCUT2D eigenvalue weighted by Gasteiger charge is -2.41. The van der Waals surface area contributed by atoms with E-state index in [0.717, 1.165) is 5.56 Å². The third-order valence-electron chi connectivity index (χ3n) is 3.73. The van der Waals surface area contributed by atoms with Crippen LogP contribution in [0.2, 0.25) is 0 Å². The molecule has 0 aliphatic carbocycles. The van der Waals surface area contributed by atoms with Gasteiger partial charge in [-0.1, -0.05) is 30.3 Å². The number of hydrogen-bond acceptors (Lipinski definition) is 6. The minimum Gasteiger partial charge on any atom is -0.370 e. The third kappa shape index (κ3) is 3.72. The zero-order chi connectivity index (χ0) is 17.4. The third-order valence-corrected chi connectivity index (χ3v) is 4.83. The summed E-state index contributed by atoms with van der Waals surface area (Å²) < 4.78 is 80.2. The maximum Gasteiger partial charge on any atom is 0.523 e. The Bertz CT molecular complexity index is 663. The Morgan fingerprint density at radius 1 is 1.04 bits per heavy atom. The van der Waals surface area contributed by atoms with Gasteiger partial charge in [0.2, 0.25) is 0 Å². The Kier molecular flexibility index (Phi) is 4.85. The molecule has 10 heteroatoms. The van der Waals surface area contributed by atoms with E-state index >= 15 is 0 Å². The van der Waals surface area contributed by atoms with Gasteiger partial charge >= 0.3 is 15.6 Å². The van der Waals surface area contributed by atoms with Gasteiger partial charge in [-0.2, -0.15) is 21.6 Å². The molecule has 0 bridgehead atoms. The van der Waals surface area contributed by atoms with Gasteiger partial charge in [-0.3, -0.25) is 4.18 Å². The Morgan fingerprint density at radius 3 is 2.42 bits per heavy atom. The van der Waals surface area contributed by atoms with Crippen molar-refractivity contribution in [3.8, 4) is 0 Å². The van der Waals surface area contributed by atoms with Crippen LogP contribution >= 0.6 is 0 Å². The average molecular weight is 368 g/mol. The number of fused-ring (bicyclic) bond motifs is 1. The molecule has 6 nitrogen and oxygen atoms in total. The first kappa shape index (κ1) is 17.6. The summed E-state index contributed by atoms with van der Waals surface area (Å²) in [5.74, 6) is 0. The molecule has 2 aliphatic rings. The van der Waals surface area contributed by atoms with E-state index in [1.807, 2.05) is 6.07 Å². The van der Waals surface area contributed by atoms with Crippen molar-refractivity contribution in [2.45, 2.75) is 36.5 Å². The van der Waals surface area contributed by atoms with Crippen LogP contribution in [0.1, 0.15) is 18.3 Å². The molecule has 2 fully saturated rings. The lowest BCUT2D eigenvalue weighted by molar-refractivity contribution is -0.286. The maximum absolute atomic E-state index is 12.4. The number of ether oxygens (including phenoxy) is 3. The molecule has 134 valence electrons. The molecule has 0 saturated carbocycles. The highest BCUT2D eigenvalue weighted by Gasteiger charge is 2.50. The van der Waals surface area contributed by atoms with Crippen molar-refractivity contribution in [2.75, 3.05) is 13.2 Å². The van der Waals surface area contributed by atoms with Crippen LogP contribution in [0.3, 0.4) is 0 Å². The number of alkyl halides is 3. The van der Waals surface area contributed by atoms with Crippen molar-refractivity contribution in [3.63, 3.8) is 0 Å². The van der Waals surface area contributed by atoms with Crippen molar-refractivity contribution in [2.24, 2.45) is 0 Å². The lowest BCUT2D eigenvalue weighted by Crippen LogP contribution is -2.50. The van der Waals surface area contributed by atoms with Crippen molar-refractivity contribution >= 4 is 10.1 Å². The van der Waals surface area contributed by atoms with Gasteiger partial charge in [-0.15, -0.1) is 0 Å². The molecule has 1 unspecified atom stereocenters. The summed E-state index contributed by atoms with van der Waals surface area (Å²) in [6.45, 7) is -0.0812. The number of rotatable bonds is 3. The van der Waals surface area contributed by atoms with E-state index in [2.05, 4.69) is 4.18 Å². The SMILES string of the molecule is O=S(=O)(O[C@H]1CO[C@@H]2CO[C@@H](c3ccccc3)OC2C1)C(F)(F)F. The summed E-state index contributed by atoms with van der Waals surface area (Å²) in [5.41, 5.74) is -4.71. The normalized spacial score (nSPS) is 31.5. The molecule has 2 saturated heterocycles. The van der Waals surface area contributed by atoms with Gasteiger partial charge in [-0.05, 0) is 0 Å².